The van der Waals surface area contributed by atoms with Gasteiger partial charge in [-0.2, -0.15) is 23.5 Å². The molecule has 0 unspecified atom stereocenters. The summed E-state index contributed by atoms with van der Waals surface area (Å²) in [5, 5.41) is 21.9. The van der Waals surface area contributed by atoms with Crippen LogP contribution in [0.5, 0.6) is 5.75 Å². The molecule has 1 aromatic carbocycles. The minimum absolute atomic E-state index is 0.199. The lowest BCUT2D eigenvalue weighted by atomic mass is 10.1. The lowest BCUT2D eigenvalue weighted by molar-refractivity contribution is -0.139. The number of nitrogens with one attached hydrogen (secondary N) is 1. The molecular weight excluding hydrogens is 294 g/mol. The Hall–Kier alpha value is -0.850. The number of phenols is 1. The number of phenolic OH excluding ortho intramolecular Hbond substituents is 1. The Morgan fingerprint density at radius 3 is 2.40 bits per heavy atom. The van der Waals surface area contributed by atoms with Crippen molar-refractivity contribution in [3.05, 3.63) is 29.8 Å². The second-order valence-corrected chi connectivity index (χ2v) is 7.07. The molecule has 0 radical (unpaired) electrons. The van der Waals surface area contributed by atoms with Gasteiger partial charge in [-0.15, -0.1) is 0 Å². The Bertz CT molecular complexity index is 431. The molecule has 0 bridgehead atoms. The van der Waals surface area contributed by atoms with Gasteiger partial charge in [0.05, 0.1) is 0 Å². The average Bonchev–Trinajstić information content (AvgIpc) is 2.69. The van der Waals surface area contributed by atoms with Gasteiger partial charge in [0.2, 0.25) is 0 Å². The lowest BCUT2D eigenvalue weighted by Crippen LogP contribution is -2.46. The second kappa shape index (κ2) is 7.81. The third-order valence-corrected chi connectivity index (χ3v) is 5.64. The van der Waals surface area contributed by atoms with Gasteiger partial charge in [-0.1, -0.05) is 12.1 Å². The Labute approximate surface area is 127 Å². The summed E-state index contributed by atoms with van der Waals surface area (Å²) in [6.07, 6.45) is 0.432. The van der Waals surface area contributed by atoms with E-state index in [1.807, 2.05) is 23.5 Å². The summed E-state index contributed by atoms with van der Waals surface area (Å²) in [6, 6.07) is 6.37. The summed E-state index contributed by atoms with van der Waals surface area (Å²) in [7, 11) is 0. The second-order valence-electron chi connectivity index (χ2n) is 4.77. The molecule has 0 aliphatic carbocycles. The number of carboxylic acid groups (broad SMARTS) is 1. The zero-order valence-corrected chi connectivity index (χ0v) is 12.8. The van der Waals surface area contributed by atoms with Crippen molar-refractivity contribution in [2.45, 2.75) is 18.5 Å². The van der Waals surface area contributed by atoms with Gasteiger partial charge in [0.15, 0.2) is 0 Å². The van der Waals surface area contributed by atoms with Crippen LogP contribution < -0.4 is 5.32 Å². The molecule has 1 heterocycles. The first kappa shape index (κ1) is 15.5. The summed E-state index contributed by atoms with van der Waals surface area (Å²) in [4.78, 5) is 11.4. The zero-order chi connectivity index (χ0) is 14.4. The predicted octanol–water partition coefficient (Wildman–Crippen LogP) is 1.83. The number of carboxylic acids is 1. The Balaban J connectivity index is 1.95. The summed E-state index contributed by atoms with van der Waals surface area (Å²) >= 11 is 3.75. The molecule has 1 saturated heterocycles. The maximum absolute atomic E-state index is 11.4. The molecule has 1 fully saturated rings. The van der Waals surface area contributed by atoms with Gasteiger partial charge in [0, 0.05) is 29.1 Å². The number of thioether (sulfide) groups is 2. The Morgan fingerprint density at radius 1 is 1.25 bits per heavy atom. The van der Waals surface area contributed by atoms with Gasteiger partial charge in [0.1, 0.15) is 11.8 Å². The van der Waals surface area contributed by atoms with Crippen molar-refractivity contribution < 1.29 is 15.0 Å². The zero-order valence-electron chi connectivity index (χ0n) is 11.1. The molecule has 4 nitrogen and oxygen atoms in total. The molecule has 20 heavy (non-hydrogen) atoms. The molecule has 1 aromatic rings. The highest BCUT2D eigenvalue weighted by molar-refractivity contribution is 8.03. The van der Waals surface area contributed by atoms with Crippen LogP contribution in [0.25, 0.3) is 0 Å². The summed E-state index contributed by atoms with van der Waals surface area (Å²) in [5.74, 6) is 3.58. The van der Waals surface area contributed by atoms with Crippen molar-refractivity contribution in [2.24, 2.45) is 0 Å². The fraction of sp³-hybridized carbons (Fsp3) is 0.500. The highest BCUT2D eigenvalue weighted by Crippen LogP contribution is 2.18. The van der Waals surface area contributed by atoms with Gasteiger partial charge >= 0.3 is 5.97 Å². The Kier molecular flexibility index (Phi) is 6.06. The first-order chi connectivity index (χ1) is 9.65. The molecule has 2 rings (SSSR count). The fourth-order valence-corrected chi connectivity index (χ4v) is 4.51. The summed E-state index contributed by atoms with van der Waals surface area (Å²) in [6.45, 7) is 0. The monoisotopic (exact) mass is 313 g/mol. The minimum Gasteiger partial charge on any atom is -0.508 e. The maximum atomic E-state index is 11.4. The molecule has 110 valence electrons. The Morgan fingerprint density at radius 2 is 1.85 bits per heavy atom. The molecule has 1 aliphatic rings. The molecule has 0 spiro atoms. The highest BCUT2D eigenvalue weighted by atomic mass is 32.2. The van der Waals surface area contributed by atoms with E-state index >= 15 is 0 Å². The summed E-state index contributed by atoms with van der Waals surface area (Å²) < 4.78 is 0. The van der Waals surface area contributed by atoms with E-state index in [1.54, 1.807) is 24.3 Å². The van der Waals surface area contributed by atoms with Gasteiger partial charge < -0.3 is 10.2 Å². The van der Waals surface area contributed by atoms with E-state index in [2.05, 4.69) is 5.32 Å². The van der Waals surface area contributed by atoms with Crippen molar-refractivity contribution in [3.8, 4) is 5.75 Å². The highest BCUT2D eigenvalue weighted by Gasteiger charge is 2.23. The van der Waals surface area contributed by atoms with Gasteiger partial charge in [0.25, 0.3) is 0 Å². The summed E-state index contributed by atoms with van der Waals surface area (Å²) in [5.41, 5.74) is 0.914. The smallest absolute Gasteiger partial charge is 0.321 e. The molecule has 1 aliphatic heterocycles. The number of benzene rings is 1. The first-order valence-electron chi connectivity index (χ1n) is 6.57. The predicted molar refractivity (Wildman–Crippen MR) is 84.8 cm³/mol. The lowest BCUT2D eigenvalue weighted by Gasteiger charge is -2.21. The molecular formula is C14H19NO3S2. The third kappa shape index (κ3) is 4.92. The van der Waals surface area contributed by atoms with E-state index in [0.29, 0.717) is 6.42 Å². The van der Waals surface area contributed by atoms with Crippen molar-refractivity contribution in [3.63, 3.8) is 0 Å². The largest absolute Gasteiger partial charge is 0.508 e. The first-order valence-corrected chi connectivity index (χ1v) is 8.88. The molecule has 0 amide bonds. The molecule has 0 aromatic heterocycles. The SMILES string of the molecule is O=C(O)[C@H](Cc1ccc(O)cc1)NC1CSCCSC1. The molecule has 6 heteroatoms. The van der Waals surface area contributed by atoms with E-state index in [4.69, 9.17) is 0 Å². The number of carbonyl (C=O) groups is 1. The molecule has 0 saturated carbocycles. The number of aliphatic carboxylic acids is 1. The molecule has 3 N–H and O–H groups in total. The number of aromatic hydroxyl groups is 1. The number of rotatable bonds is 5. The standard InChI is InChI=1S/C14H19NO3S2/c16-12-3-1-10(2-4-12)7-13(14(17)18)15-11-8-19-5-6-20-9-11/h1-4,11,13,15-16H,5-9H2,(H,17,18)/t13-/m0/s1. The molecule has 1 atom stereocenters. The topological polar surface area (TPSA) is 69.6 Å². The van der Waals surface area contributed by atoms with Crippen molar-refractivity contribution in [1.29, 1.82) is 0 Å². The van der Waals surface area contributed by atoms with Crippen LogP contribution in [0.15, 0.2) is 24.3 Å². The van der Waals surface area contributed by atoms with E-state index < -0.39 is 12.0 Å². The van der Waals surface area contributed by atoms with Gasteiger partial charge in [-0.3, -0.25) is 10.1 Å². The van der Waals surface area contributed by atoms with Crippen molar-refractivity contribution >= 4 is 29.5 Å². The van der Waals surface area contributed by atoms with E-state index in [0.717, 1.165) is 28.6 Å². The van der Waals surface area contributed by atoms with E-state index in [-0.39, 0.29) is 11.8 Å². The van der Waals surface area contributed by atoms with Crippen molar-refractivity contribution in [2.75, 3.05) is 23.0 Å². The van der Waals surface area contributed by atoms with Gasteiger partial charge in [-0.05, 0) is 24.1 Å². The van der Waals surface area contributed by atoms with Crippen molar-refractivity contribution in [1.82, 2.24) is 5.32 Å². The van der Waals surface area contributed by atoms with Crippen LogP contribution in [0, 0.1) is 0 Å². The quantitative estimate of drug-likeness (QED) is 0.770. The van der Waals surface area contributed by atoms with Crippen LogP contribution in [-0.4, -0.2) is 51.3 Å². The third-order valence-electron chi connectivity index (χ3n) is 3.12. The normalized spacial score (nSPS) is 18.4. The van der Waals surface area contributed by atoms with Crippen LogP contribution in [-0.2, 0) is 11.2 Å². The van der Waals surface area contributed by atoms with E-state index in [9.17, 15) is 15.0 Å². The maximum Gasteiger partial charge on any atom is 0.321 e. The van der Waals surface area contributed by atoms with Crippen LogP contribution in [0.2, 0.25) is 0 Å². The van der Waals surface area contributed by atoms with Crippen LogP contribution in [0.3, 0.4) is 0 Å². The number of hydrogen-bond acceptors (Lipinski definition) is 5. The fourth-order valence-electron chi connectivity index (χ4n) is 2.08. The van der Waals surface area contributed by atoms with Crippen LogP contribution in [0.4, 0.5) is 0 Å². The van der Waals surface area contributed by atoms with Gasteiger partial charge in [-0.25, -0.2) is 0 Å². The number of hydrogen-bond donors (Lipinski definition) is 3. The average molecular weight is 313 g/mol. The minimum atomic E-state index is -0.822. The van der Waals surface area contributed by atoms with Crippen LogP contribution >= 0.6 is 23.5 Å². The van der Waals surface area contributed by atoms with Crippen LogP contribution in [0.1, 0.15) is 5.56 Å². The van der Waals surface area contributed by atoms with E-state index in [1.165, 1.54) is 0 Å².